The van der Waals surface area contributed by atoms with Crippen LogP contribution in [0.25, 0.3) is 0 Å². The number of hydrogen-bond donors (Lipinski definition) is 2. The molecule has 0 bridgehead atoms. The molecule has 6 nitrogen and oxygen atoms in total. The number of aromatic nitrogens is 1. The van der Waals surface area contributed by atoms with E-state index in [0.29, 0.717) is 19.5 Å². The van der Waals surface area contributed by atoms with E-state index >= 15 is 0 Å². The Kier molecular flexibility index (Phi) is 5.31. The van der Waals surface area contributed by atoms with Crippen LogP contribution >= 0.6 is 0 Å². The number of carbonyl (C=O) groups excluding carboxylic acids is 1. The number of nitrogens with two attached hydrogens (primary N) is 1. The van der Waals surface area contributed by atoms with Crippen molar-refractivity contribution in [1.82, 2.24) is 15.2 Å². The van der Waals surface area contributed by atoms with Gasteiger partial charge in [0.1, 0.15) is 5.82 Å². The van der Waals surface area contributed by atoms with Crippen LogP contribution in [0.3, 0.4) is 0 Å². The van der Waals surface area contributed by atoms with E-state index in [0.717, 1.165) is 37.6 Å². The lowest BCUT2D eigenvalue weighted by Crippen LogP contribution is -2.44. The van der Waals surface area contributed by atoms with Crippen molar-refractivity contribution >= 4 is 11.7 Å². The average molecular weight is 277 g/mol. The maximum Gasteiger partial charge on any atom is 0.221 e. The maximum atomic E-state index is 11.3. The SMILES string of the molecule is CN1CCN(c2ccc(CNC(=O)CCN)cn2)CC1. The summed E-state index contributed by atoms with van der Waals surface area (Å²) >= 11 is 0. The van der Waals surface area contributed by atoms with E-state index < -0.39 is 0 Å². The number of hydrogen-bond acceptors (Lipinski definition) is 5. The largest absolute Gasteiger partial charge is 0.354 e. The van der Waals surface area contributed by atoms with Crippen LogP contribution in [0.5, 0.6) is 0 Å². The highest BCUT2D eigenvalue weighted by Gasteiger charge is 2.14. The minimum atomic E-state index is -0.0179. The molecule has 1 saturated heterocycles. The van der Waals surface area contributed by atoms with Crippen molar-refractivity contribution < 1.29 is 4.79 Å². The summed E-state index contributed by atoms with van der Waals surface area (Å²) in [5.74, 6) is 0.991. The van der Waals surface area contributed by atoms with Gasteiger partial charge in [0.25, 0.3) is 0 Å². The molecule has 0 radical (unpaired) electrons. The van der Waals surface area contributed by atoms with E-state index in [4.69, 9.17) is 5.73 Å². The number of nitrogens with zero attached hydrogens (tertiary/aromatic N) is 3. The van der Waals surface area contributed by atoms with Gasteiger partial charge in [-0.3, -0.25) is 4.79 Å². The van der Waals surface area contributed by atoms with Gasteiger partial charge >= 0.3 is 0 Å². The fourth-order valence-electron chi connectivity index (χ4n) is 2.16. The minimum Gasteiger partial charge on any atom is -0.354 e. The van der Waals surface area contributed by atoms with Crippen LogP contribution in [0, 0.1) is 0 Å². The molecule has 0 atom stereocenters. The topological polar surface area (TPSA) is 74.5 Å². The van der Waals surface area contributed by atoms with Crippen LogP contribution < -0.4 is 16.0 Å². The third-order valence-corrected chi connectivity index (χ3v) is 3.50. The van der Waals surface area contributed by atoms with Crippen LogP contribution in [0.4, 0.5) is 5.82 Å². The van der Waals surface area contributed by atoms with Gasteiger partial charge in [-0.1, -0.05) is 6.07 Å². The fourth-order valence-corrected chi connectivity index (χ4v) is 2.16. The molecule has 1 aliphatic rings. The lowest BCUT2D eigenvalue weighted by Gasteiger charge is -2.33. The zero-order valence-corrected chi connectivity index (χ0v) is 12.0. The smallest absolute Gasteiger partial charge is 0.221 e. The Morgan fingerprint density at radius 1 is 1.35 bits per heavy atom. The molecule has 6 heteroatoms. The second kappa shape index (κ2) is 7.21. The van der Waals surface area contributed by atoms with Crippen LogP contribution in [-0.2, 0) is 11.3 Å². The first-order valence-corrected chi connectivity index (χ1v) is 7.04. The number of amides is 1. The summed E-state index contributed by atoms with van der Waals surface area (Å²) in [7, 11) is 2.14. The Balaban J connectivity index is 1.85. The first kappa shape index (κ1) is 14.7. The van der Waals surface area contributed by atoms with Crippen molar-refractivity contribution in [2.45, 2.75) is 13.0 Å². The summed E-state index contributed by atoms with van der Waals surface area (Å²) in [6.07, 6.45) is 2.20. The Bertz CT molecular complexity index is 426. The summed E-state index contributed by atoms with van der Waals surface area (Å²) < 4.78 is 0. The van der Waals surface area contributed by atoms with E-state index in [9.17, 15) is 4.79 Å². The lowest BCUT2D eigenvalue weighted by atomic mass is 10.2. The standard InChI is InChI=1S/C14H23N5O/c1-18-6-8-19(9-7-18)13-3-2-12(10-16-13)11-17-14(20)4-5-15/h2-3,10H,4-9,11,15H2,1H3,(H,17,20). The van der Waals surface area contributed by atoms with Crippen molar-refractivity contribution in [3.8, 4) is 0 Å². The third-order valence-electron chi connectivity index (χ3n) is 3.50. The second-order valence-electron chi connectivity index (χ2n) is 5.13. The van der Waals surface area contributed by atoms with Gasteiger partial charge in [-0.15, -0.1) is 0 Å². The zero-order chi connectivity index (χ0) is 14.4. The highest BCUT2D eigenvalue weighted by atomic mass is 16.1. The molecular formula is C14H23N5O. The molecule has 0 unspecified atom stereocenters. The highest BCUT2D eigenvalue weighted by Crippen LogP contribution is 2.13. The van der Waals surface area contributed by atoms with Crippen LogP contribution in [0.1, 0.15) is 12.0 Å². The van der Waals surface area contributed by atoms with Gasteiger partial charge in [0.2, 0.25) is 5.91 Å². The van der Waals surface area contributed by atoms with Crippen molar-refractivity contribution in [1.29, 1.82) is 0 Å². The second-order valence-corrected chi connectivity index (χ2v) is 5.13. The van der Waals surface area contributed by atoms with E-state index in [-0.39, 0.29) is 5.91 Å². The Hall–Kier alpha value is -1.66. The monoisotopic (exact) mass is 277 g/mol. The molecule has 2 rings (SSSR count). The molecule has 1 aromatic heterocycles. The van der Waals surface area contributed by atoms with Gasteiger partial charge in [0, 0.05) is 51.9 Å². The highest BCUT2D eigenvalue weighted by molar-refractivity contribution is 5.76. The number of likely N-dealkylation sites (N-methyl/N-ethyl adjacent to an activating group) is 1. The molecule has 20 heavy (non-hydrogen) atoms. The molecule has 0 saturated carbocycles. The molecule has 0 spiro atoms. The number of carbonyl (C=O) groups is 1. The predicted molar refractivity (Wildman–Crippen MR) is 79.5 cm³/mol. The zero-order valence-electron chi connectivity index (χ0n) is 12.0. The number of anilines is 1. The van der Waals surface area contributed by atoms with Crippen LogP contribution in [0.15, 0.2) is 18.3 Å². The molecule has 1 aromatic rings. The summed E-state index contributed by atoms with van der Waals surface area (Å²) in [6, 6.07) is 4.04. The molecule has 1 fully saturated rings. The summed E-state index contributed by atoms with van der Waals surface area (Å²) in [4.78, 5) is 20.4. The molecule has 0 aliphatic carbocycles. The number of piperazine rings is 1. The normalized spacial score (nSPS) is 16.2. The fraction of sp³-hybridized carbons (Fsp3) is 0.571. The van der Waals surface area contributed by atoms with Crippen molar-refractivity contribution in [3.05, 3.63) is 23.9 Å². The molecule has 0 aromatic carbocycles. The number of nitrogens with one attached hydrogen (secondary N) is 1. The van der Waals surface area contributed by atoms with Gasteiger partial charge in [0.15, 0.2) is 0 Å². The quantitative estimate of drug-likeness (QED) is 0.779. The number of pyridine rings is 1. The maximum absolute atomic E-state index is 11.3. The van der Waals surface area contributed by atoms with Gasteiger partial charge < -0.3 is 20.9 Å². The number of rotatable bonds is 5. The Labute approximate surface area is 120 Å². The predicted octanol–water partition coefficient (Wildman–Crippen LogP) is -0.202. The van der Waals surface area contributed by atoms with E-state index in [2.05, 4.69) is 27.1 Å². The van der Waals surface area contributed by atoms with E-state index in [1.165, 1.54) is 0 Å². The first-order chi connectivity index (χ1) is 9.69. The average Bonchev–Trinajstić information content (AvgIpc) is 2.47. The van der Waals surface area contributed by atoms with Gasteiger partial charge in [-0.05, 0) is 18.7 Å². The summed E-state index contributed by atoms with van der Waals surface area (Å²) in [5, 5.41) is 2.83. The van der Waals surface area contributed by atoms with Crippen molar-refractivity contribution in [3.63, 3.8) is 0 Å². The molecule has 2 heterocycles. The molecule has 1 aliphatic heterocycles. The van der Waals surface area contributed by atoms with E-state index in [1.807, 2.05) is 18.3 Å². The first-order valence-electron chi connectivity index (χ1n) is 7.04. The summed E-state index contributed by atoms with van der Waals surface area (Å²) in [5.41, 5.74) is 6.34. The lowest BCUT2D eigenvalue weighted by molar-refractivity contribution is -0.121. The molecular weight excluding hydrogens is 254 g/mol. The third kappa shape index (κ3) is 4.18. The Morgan fingerprint density at radius 2 is 2.10 bits per heavy atom. The van der Waals surface area contributed by atoms with Crippen LogP contribution in [0.2, 0.25) is 0 Å². The van der Waals surface area contributed by atoms with Gasteiger partial charge in [-0.2, -0.15) is 0 Å². The Morgan fingerprint density at radius 3 is 2.70 bits per heavy atom. The molecule has 1 amide bonds. The van der Waals surface area contributed by atoms with Gasteiger partial charge in [-0.25, -0.2) is 4.98 Å². The van der Waals surface area contributed by atoms with Gasteiger partial charge in [0.05, 0.1) is 0 Å². The molecule has 3 N–H and O–H groups in total. The minimum absolute atomic E-state index is 0.0179. The van der Waals surface area contributed by atoms with Crippen LogP contribution in [-0.4, -0.2) is 55.6 Å². The van der Waals surface area contributed by atoms with Crippen molar-refractivity contribution in [2.24, 2.45) is 5.73 Å². The van der Waals surface area contributed by atoms with E-state index in [1.54, 1.807) is 0 Å². The van der Waals surface area contributed by atoms with Crippen molar-refractivity contribution in [2.75, 3.05) is 44.7 Å². The molecule has 110 valence electrons. The summed E-state index contributed by atoms with van der Waals surface area (Å²) in [6.45, 7) is 5.05.